The van der Waals surface area contributed by atoms with Crippen LogP contribution in [0.3, 0.4) is 0 Å². The number of nitriles is 2. The second-order valence-electron chi connectivity index (χ2n) is 7.06. The number of nitrogens with two attached hydrogens (primary N) is 1. The lowest BCUT2D eigenvalue weighted by Crippen LogP contribution is -2.38. The number of nitrogens with zero attached hydrogens (tertiary/aromatic N) is 5. The normalized spacial score (nSPS) is 15.4. The molecule has 0 radical (unpaired) electrons. The molecule has 4 rings (SSSR count). The van der Waals surface area contributed by atoms with Gasteiger partial charge in [0.25, 0.3) is 16.9 Å². The van der Waals surface area contributed by atoms with Crippen molar-refractivity contribution < 1.29 is 9.85 Å². The van der Waals surface area contributed by atoms with Crippen LogP contribution in [-0.4, -0.2) is 14.4 Å². The molecule has 2 N–H and O–H groups in total. The van der Waals surface area contributed by atoms with Crippen molar-refractivity contribution in [3.8, 4) is 12.1 Å². The van der Waals surface area contributed by atoms with Gasteiger partial charge in [0, 0.05) is 17.7 Å². The summed E-state index contributed by atoms with van der Waals surface area (Å²) in [6.07, 6.45) is 1.31. The zero-order valence-electron chi connectivity index (χ0n) is 17.0. The maximum absolute atomic E-state index is 13.2. The second kappa shape index (κ2) is 8.46. The fourth-order valence-electron chi connectivity index (χ4n) is 3.78. The van der Waals surface area contributed by atoms with Gasteiger partial charge in [0.05, 0.1) is 49.1 Å². The predicted octanol–water partition coefficient (Wildman–Crippen LogP) is 1.68. The van der Waals surface area contributed by atoms with E-state index in [1.165, 1.54) is 48.5 Å². The highest BCUT2D eigenvalue weighted by molar-refractivity contribution is 7.07. The van der Waals surface area contributed by atoms with Crippen LogP contribution in [0.5, 0.6) is 0 Å². The van der Waals surface area contributed by atoms with Crippen LogP contribution < -0.4 is 20.5 Å². The van der Waals surface area contributed by atoms with E-state index < -0.39 is 21.3 Å². The summed E-state index contributed by atoms with van der Waals surface area (Å²) < 4.78 is 1.13. The van der Waals surface area contributed by atoms with E-state index in [4.69, 9.17) is 5.73 Å². The molecule has 2 heterocycles. The summed E-state index contributed by atoms with van der Waals surface area (Å²) in [4.78, 5) is 34.9. The van der Waals surface area contributed by atoms with Crippen LogP contribution >= 0.6 is 11.3 Å². The average Bonchev–Trinajstić information content (AvgIpc) is 3.15. The van der Waals surface area contributed by atoms with Crippen molar-refractivity contribution in [1.29, 1.82) is 10.5 Å². The molecule has 0 amide bonds. The molecule has 2 aromatic carbocycles. The van der Waals surface area contributed by atoms with Crippen molar-refractivity contribution in [2.75, 3.05) is 0 Å². The molecular weight excluding hydrogens is 460 g/mol. The van der Waals surface area contributed by atoms with Gasteiger partial charge in [0.1, 0.15) is 10.5 Å². The third-order valence-corrected chi connectivity index (χ3v) is 6.36. The van der Waals surface area contributed by atoms with Crippen LogP contribution in [-0.2, 0) is 0 Å². The molecule has 1 atom stereocenters. The van der Waals surface area contributed by atoms with E-state index in [1.54, 1.807) is 6.07 Å². The van der Waals surface area contributed by atoms with Crippen molar-refractivity contribution in [3.63, 3.8) is 0 Å². The molecule has 0 aliphatic carbocycles. The van der Waals surface area contributed by atoms with E-state index in [9.17, 15) is 35.5 Å². The van der Waals surface area contributed by atoms with E-state index >= 15 is 0 Å². The highest BCUT2D eigenvalue weighted by Crippen LogP contribution is 2.39. The van der Waals surface area contributed by atoms with E-state index in [1.807, 2.05) is 12.1 Å². The SMILES string of the molecule is N#CC1=C(N)n2c(s/c(=C/c3ccccc3[N+](=O)[O-])c2=O)=C(C#N)[C@@H]1c1ccccc1[N+](=O)[O-]. The molecular formula is C22H12N6O5S. The van der Waals surface area contributed by atoms with Gasteiger partial charge in [0.2, 0.25) is 0 Å². The van der Waals surface area contributed by atoms with E-state index in [0.29, 0.717) is 0 Å². The number of hydrogen-bond donors (Lipinski definition) is 1. The number of benzene rings is 2. The first-order valence-corrected chi connectivity index (χ1v) is 10.4. The Bertz CT molecular complexity index is 1690. The molecule has 0 saturated heterocycles. The van der Waals surface area contributed by atoms with Crippen LogP contribution in [0.15, 0.2) is 58.9 Å². The first-order valence-electron chi connectivity index (χ1n) is 9.54. The molecule has 0 saturated carbocycles. The van der Waals surface area contributed by atoms with Gasteiger partial charge in [-0.15, -0.1) is 11.3 Å². The first kappa shape index (κ1) is 22.1. The Balaban J connectivity index is 2.10. The largest absolute Gasteiger partial charge is 0.384 e. The standard InChI is InChI=1S/C22H12N6O5S/c23-10-14-19(13-6-2-4-8-17(13)28(32)33)15(11-24)22-26(20(14)25)21(29)18(34-22)9-12-5-1-3-7-16(12)27(30)31/h1-9,19H,25H2/b18-9+/t19-/m1/s1. The van der Waals surface area contributed by atoms with Gasteiger partial charge in [0.15, 0.2) is 0 Å². The zero-order chi connectivity index (χ0) is 24.6. The number of nitro groups is 2. The number of fused-ring (bicyclic) bond motifs is 1. The molecule has 3 aromatic rings. The lowest BCUT2D eigenvalue weighted by atomic mass is 9.83. The van der Waals surface area contributed by atoms with Crippen molar-refractivity contribution >= 4 is 40.2 Å². The third kappa shape index (κ3) is 3.40. The quantitative estimate of drug-likeness (QED) is 0.439. The lowest BCUT2D eigenvalue weighted by molar-refractivity contribution is -0.385. The summed E-state index contributed by atoms with van der Waals surface area (Å²) in [5, 5.41) is 42.7. The van der Waals surface area contributed by atoms with E-state index in [0.717, 1.165) is 15.9 Å². The van der Waals surface area contributed by atoms with E-state index in [-0.39, 0.29) is 48.7 Å². The minimum absolute atomic E-state index is 0.0421. The maximum Gasteiger partial charge on any atom is 0.276 e. The first-order chi connectivity index (χ1) is 16.3. The van der Waals surface area contributed by atoms with Gasteiger partial charge in [-0.05, 0) is 12.1 Å². The highest BCUT2D eigenvalue weighted by atomic mass is 32.1. The number of para-hydroxylation sites is 2. The summed E-state index contributed by atoms with van der Waals surface area (Å²) in [6, 6.07) is 15.3. The molecule has 0 bridgehead atoms. The molecule has 1 aliphatic rings. The van der Waals surface area contributed by atoms with Gasteiger partial charge >= 0.3 is 0 Å². The molecule has 0 spiro atoms. The highest BCUT2D eigenvalue weighted by Gasteiger charge is 2.35. The smallest absolute Gasteiger partial charge is 0.276 e. The molecule has 166 valence electrons. The fourth-order valence-corrected chi connectivity index (χ4v) is 4.90. The molecule has 1 aromatic heterocycles. The molecule has 34 heavy (non-hydrogen) atoms. The molecule has 12 heteroatoms. The van der Waals surface area contributed by atoms with Crippen LogP contribution in [0.4, 0.5) is 11.4 Å². The predicted molar refractivity (Wildman–Crippen MR) is 122 cm³/mol. The Morgan fingerprint density at radius 2 is 1.56 bits per heavy atom. The Labute approximate surface area is 194 Å². The second-order valence-corrected chi connectivity index (χ2v) is 8.09. The van der Waals surface area contributed by atoms with Gasteiger partial charge in [-0.1, -0.05) is 30.3 Å². The Morgan fingerprint density at radius 1 is 0.971 bits per heavy atom. The molecule has 11 nitrogen and oxygen atoms in total. The number of allylic oxidation sites excluding steroid dienone is 1. The number of nitro benzene ring substituents is 2. The van der Waals surface area contributed by atoms with Crippen LogP contribution in [0.2, 0.25) is 0 Å². The Kier molecular flexibility index (Phi) is 5.51. The van der Waals surface area contributed by atoms with Crippen molar-refractivity contribution in [1.82, 2.24) is 4.57 Å². The summed E-state index contributed by atoms with van der Waals surface area (Å²) in [6.45, 7) is 0. The maximum atomic E-state index is 13.2. The number of hydrogen-bond acceptors (Lipinski definition) is 9. The minimum Gasteiger partial charge on any atom is -0.384 e. The van der Waals surface area contributed by atoms with Crippen molar-refractivity contribution in [2.24, 2.45) is 5.73 Å². The van der Waals surface area contributed by atoms with Gasteiger partial charge in [-0.2, -0.15) is 10.5 Å². The minimum atomic E-state index is -1.16. The van der Waals surface area contributed by atoms with Crippen molar-refractivity contribution in [3.05, 3.63) is 105 Å². The lowest BCUT2D eigenvalue weighted by Gasteiger charge is -2.22. The topological polar surface area (TPSA) is 182 Å². The van der Waals surface area contributed by atoms with Gasteiger partial charge < -0.3 is 5.73 Å². The number of thiazole rings is 1. The van der Waals surface area contributed by atoms with Crippen LogP contribution in [0.1, 0.15) is 17.0 Å². The van der Waals surface area contributed by atoms with Gasteiger partial charge in [-0.25, -0.2) is 0 Å². The van der Waals surface area contributed by atoms with Crippen LogP contribution in [0, 0.1) is 42.9 Å². The number of rotatable bonds is 4. The molecule has 0 fully saturated rings. The Morgan fingerprint density at radius 3 is 2.18 bits per heavy atom. The van der Waals surface area contributed by atoms with E-state index in [2.05, 4.69) is 0 Å². The Hall–Kier alpha value is -5.07. The third-order valence-electron chi connectivity index (χ3n) is 5.25. The summed E-state index contributed by atoms with van der Waals surface area (Å²) in [7, 11) is 0. The summed E-state index contributed by atoms with van der Waals surface area (Å²) in [5.41, 5.74) is 4.97. The monoisotopic (exact) mass is 472 g/mol. The summed E-state index contributed by atoms with van der Waals surface area (Å²) in [5.74, 6) is -1.42. The van der Waals surface area contributed by atoms with Gasteiger partial charge in [-0.3, -0.25) is 29.6 Å². The summed E-state index contributed by atoms with van der Waals surface area (Å²) >= 11 is 0.858. The molecule has 1 aliphatic heterocycles. The van der Waals surface area contributed by atoms with Crippen LogP contribution in [0.25, 0.3) is 17.5 Å². The van der Waals surface area contributed by atoms with Crippen molar-refractivity contribution in [2.45, 2.75) is 5.92 Å². The zero-order valence-corrected chi connectivity index (χ0v) is 17.9. The fraction of sp³-hybridized carbons (Fsp3) is 0.0455. The average molecular weight is 472 g/mol. The number of aromatic nitrogens is 1. The molecule has 0 unspecified atom stereocenters.